The summed E-state index contributed by atoms with van der Waals surface area (Å²) in [4.78, 5) is 112. The Bertz CT molecular complexity index is 2000. The summed E-state index contributed by atoms with van der Waals surface area (Å²) in [6.07, 6.45) is 17.4. The lowest BCUT2D eigenvalue weighted by molar-refractivity contribution is -0.162. The minimum atomic E-state index is -1.18. The minimum absolute atomic E-state index is 0. The van der Waals surface area contributed by atoms with Crippen LogP contribution >= 0.6 is 0 Å². The molecule has 3 rings (SSSR count). The van der Waals surface area contributed by atoms with Crippen LogP contribution in [0.15, 0.2) is 5.11 Å². The highest BCUT2D eigenvalue weighted by atomic mass is 16.6. The van der Waals surface area contributed by atoms with Crippen molar-refractivity contribution in [2.24, 2.45) is 79.9 Å². The van der Waals surface area contributed by atoms with Crippen molar-refractivity contribution in [3.8, 4) is 0 Å². The van der Waals surface area contributed by atoms with Crippen molar-refractivity contribution in [1.29, 1.82) is 5.53 Å². The van der Waals surface area contributed by atoms with E-state index in [2.05, 4.69) is 35.5 Å². The number of carbonyl (C=O) groups excluding carboxylic acids is 7. The van der Waals surface area contributed by atoms with Crippen LogP contribution in [0.5, 0.6) is 0 Å². The first-order valence-corrected chi connectivity index (χ1v) is 32.2. The summed E-state index contributed by atoms with van der Waals surface area (Å²) < 4.78 is 9.73. The number of carboxylic acids is 1. The molecule has 8 unspecified atom stereocenters. The number of hydrogen-bond donors (Lipinski definition) is 4. The highest BCUT2D eigenvalue weighted by molar-refractivity contribution is 6.07. The lowest BCUT2D eigenvalue weighted by atomic mass is 9.60. The third kappa shape index (κ3) is 28.4. The monoisotopic (exact) mass is 1220 g/mol. The zero-order chi connectivity index (χ0) is 66.1. The van der Waals surface area contributed by atoms with Crippen molar-refractivity contribution in [2.75, 3.05) is 80.7 Å². The van der Waals surface area contributed by atoms with Gasteiger partial charge in [0.05, 0.1) is 55.6 Å². The van der Waals surface area contributed by atoms with Gasteiger partial charge in [-0.2, -0.15) is 5.11 Å². The minimum Gasteiger partial charge on any atom is -0.481 e. The molecule has 3 saturated heterocycles. The van der Waals surface area contributed by atoms with Crippen LogP contribution < -0.4 is 5.73 Å². The van der Waals surface area contributed by atoms with Crippen molar-refractivity contribution in [2.45, 2.75) is 227 Å². The normalized spacial score (nSPS) is 20.4. The second-order valence-electron chi connectivity index (χ2n) is 26.9. The maximum Gasteiger partial charge on any atom is 0.362 e. The predicted octanol–water partition coefficient (Wildman–Crippen LogP) is 12.2. The molecule has 8 atom stereocenters. The summed E-state index contributed by atoms with van der Waals surface area (Å²) in [5, 5.41) is 21.2. The number of nitrogens with two attached hydrogens (primary N) is 1. The van der Waals surface area contributed by atoms with Crippen LogP contribution in [0.1, 0.15) is 227 Å². The summed E-state index contributed by atoms with van der Waals surface area (Å²) >= 11 is 0. The van der Waals surface area contributed by atoms with E-state index in [1.807, 2.05) is 88.5 Å². The molecule has 3 heterocycles. The number of ether oxygens (including phenoxy) is 2. The fraction of sp³-hybridized carbons (Fsp3) is 0.866. The molecule has 3 aliphatic rings. The number of aliphatic carboxylic acids is 1. The average molecular weight is 1220 g/mol. The Kier molecular flexibility index (Phi) is 43.3. The van der Waals surface area contributed by atoms with Gasteiger partial charge in [0.1, 0.15) is 5.92 Å². The Morgan fingerprint density at radius 2 is 1.05 bits per heavy atom. The number of amides is 4. The van der Waals surface area contributed by atoms with Gasteiger partial charge in [0.2, 0.25) is 29.5 Å². The number of aliphatic hydroxyl groups excluding tert-OH is 1. The molecule has 0 aliphatic carbocycles. The highest BCUT2D eigenvalue weighted by Gasteiger charge is 2.60. The number of imide groups is 2. The molecule has 19 heteroatoms. The molecule has 0 aromatic carbocycles. The molecule has 502 valence electrons. The molecule has 3 fully saturated rings. The Morgan fingerprint density at radius 3 is 1.44 bits per heavy atom. The number of carbonyl (C=O) groups is 8. The smallest absolute Gasteiger partial charge is 0.362 e. The quantitative estimate of drug-likeness (QED) is 0.0115. The van der Waals surface area contributed by atoms with E-state index in [1.165, 1.54) is 55.2 Å². The van der Waals surface area contributed by atoms with Crippen molar-refractivity contribution in [1.82, 2.24) is 19.6 Å². The molecule has 0 bridgehead atoms. The molecule has 0 aromatic heterocycles. The zero-order valence-corrected chi connectivity index (χ0v) is 57.0. The number of nitrogens with one attached hydrogen (secondary N) is 1. The number of hydrogen-bond acceptors (Lipinski definition) is 16. The van der Waals surface area contributed by atoms with Gasteiger partial charge in [-0.3, -0.25) is 43.4 Å². The van der Waals surface area contributed by atoms with Gasteiger partial charge in [0, 0.05) is 19.7 Å². The number of aliphatic hydroxyl groups is 1. The number of carboxylic acid groups (broad SMARTS) is 1. The number of unbranched alkanes of at least 4 members (excludes halogenated alkanes) is 10. The van der Waals surface area contributed by atoms with Crippen molar-refractivity contribution in [3.63, 3.8) is 0 Å². The average Bonchev–Trinajstić information content (AvgIpc) is 1.62. The SMILES string of the molecule is C.CCCCCCCCN.CCCCCCCCN1C(=O)C(CC(C)(C)C(C(=O)O)C(C)C(=O)OCC)C(C(C)(C)CC2C(=O)N(CCCN(C)C)C(=O)C2C(C)(C)CC)C1=O.CCO.CN(C)CCCN=N.[CH2+]C1C(=O)OC(=O)C1C(C)(C)CC. The molecule has 4 amide bonds. The van der Waals surface area contributed by atoms with Gasteiger partial charge in [0.15, 0.2) is 0 Å². The number of likely N-dealkylation sites (tertiary alicyclic amines) is 2. The van der Waals surface area contributed by atoms with Gasteiger partial charge in [-0.15, -0.1) is 0 Å². The van der Waals surface area contributed by atoms with Gasteiger partial charge in [-0.1, -0.05) is 168 Å². The van der Waals surface area contributed by atoms with Crippen LogP contribution in [0, 0.1) is 81.5 Å². The van der Waals surface area contributed by atoms with Crippen molar-refractivity contribution in [3.05, 3.63) is 6.92 Å². The maximum absolute atomic E-state index is 14.5. The third-order valence-electron chi connectivity index (χ3n) is 17.5. The topological polar surface area (TPSA) is 271 Å². The first kappa shape index (κ1) is 85.9. The molecule has 19 nitrogen and oxygen atoms in total. The van der Waals surface area contributed by atoms with Crippen LogP contribution in [-0.4, -0.2) is 158 Å². The van der Waals surface area contributed by atoms with E-state index in [-0.39, 0.29) is 75.0 Å². The third-order valence-corrected chi connectivity index (χ3v) is 17.5. The fourth-order valence-corrected chi connectivity index (χ4v) is 12.0. The van der Waals surface area contributed by atoms with E-state index in [9.17, 15) is 43.5 Å². The molecule has 86 heavy (non-hydrogen) atoms. The molecule has 0 spiro atoms. The highest BCUT2D eigenvalue weighted by Crippen LogP contribution is 2.53. The molecule has 0 aromatic rings. The van der Waals surface area contributed by atoms with E-state index < -0.39 is 81.5 Å². The maximum atomic E-state index is 14.5. The van der Waals surface area contributed by atoms with Gasteiger partial charge < -0.3 is 35.2 Å². The van der Waals surface area contributed by atoms with Gasteiger partial charge in [0.25, 0.3) is 0 Å². The van der Waals surface area contributed by atoms with E-state index in [0.717, 1.165) is 64.6 Å². The van der Waals surface area contributed by atoms with E-state index in [0.29, 0.717) is 32.4 Å². The molecular formula is C67H128N7O12+. The van der Waals surface area contributed by atoms with Gasteiger partial charge in [-0.25, -0.2) is 10.3 Å². The van der Waals surface area contributed by atoms with E-state index >= 15 is 0 Å². The molecular weight excluding hydrogens is 1090 g/mol. The summed E-state index contributed by atoms with van der Waals surface area (Å²) in [6, 6.07) is 0. The first-order chi connectivity index (χ1) is 39.6. The molecule has 0 radical (unpaired) electrons. The number of esters is 3. The summed E-state index contributed by atoms with van der Waals surface area (Å²) in [6.45, 7) is 36.4. The Balaban J connectivity index is -0.00000162. The second-order valence-corrected chi connectivity index (χ2v) is 26.9. The number of nitrogens with zero attached hydrogens (tertiary/aromatic N) is 5. The summed E-state index contributed by atoms with van der Waals surface area (Å²) in [5.74, 6) is -9.78. The Morgan fingerprint density at radius 1 is 0.640 bits per heavy atom. The Hall–Kier alpha value is -4.33. The van der Waals surface area contributed by atoms with Crippen molar-refractivity contribution < 1.29 is 58.0 Å². The summed E-state index contributed by atoms with van der Waals surface area (Å²) in [7, 11) is 7.94. The lowest BCUT2D eigenvalue weighted by Crippen LogP contribution is -2.44. The summed E-state index contributed by atoms with van der Waals surface area (Å²) in [5.41, 5.74) is 9.11. The van der Waals surface area contributed by atoms with Crippen LogP contribution in [0.2, 0.25) is 0 Å². The van der Waals surface area contributed by atoms with Crippen molar-refractivity contribution >= 4 is 47.5 Å². The zero-order valence-electron chi connectivity index (χ0n) is 57.0. The van der Waals surface area contributed by atoms with Crippen LogP contribution in [0.3, 0.4) is 0 Å². The van der Waals surface area contributed by atoms with E-state index in [4.69, 9.17) is 21.1 Å². The Labute approximate surface area is 523 Å². The first-order valence-electron chi connectivity index (χ1n) is 32.2. The second kappa shape index (κ2) is 43.4. The van der Waals surface area contributed by atoms with Crippen LogP contribution in [0.25, 0.3) is 0 Å². The fourth-order valence-electron chi connectivity index (χ4n) is 12.0. The lowest BCUT2D eigenvalue weighted by Gasteiger charge is -2.41. The molecule has 5 N–H and O–H groups in total. The van der Waals surface area contributed by atoms with Gasteiger partial charge in [-0.05, 0) is 128 Å². The van der Waals surface area contributed by atoms with E-state index in [1.54, 1.807) is 27.7 Å². The van der Waals surface area contributed by atoms with Crippen LogP contribution in [-0.2, 0) is 47.8 Å². The van der Waals surface area contributed by atoms with Crippen LogP contribution in [0.4, 0.5) is 0 Å². The number of rotatable bonds is 35. The largest absolute Gasteiger partial charge is 0.481 e. The predicted molar refractivity (Wildman–Crippen MR) is 344 cm³/mol. The standard InChI is InChI=1S/C41H71N3O8.C10H15O3.C8H19N.C5H13N3.C2H6O.CH4/c1-13-16-17-18-19-20-23-43-34(46)29(25-40(7,8)30(37(49)50)27(4)38(51)52-15-3)32(36(43)48)41(9,10)26-28-31(39(5,6)14-2)35(47)44(33(28)45)24-21-22-42(11)12;1-5-10(3,4)7-6(2)8(11)13-9(7)12;1-2-3-4-5-6-7-8-9;1-8(2)5-3-4-7-6;1-2-3;/h27-32H,13-26H2,1-12H3,(H,49,50);6-7H,2,5H2,1,3-4H3;2-9H2,1H3;6H,3-5H2,1-2H3;3H,2H2,1H3;1H4/q;+1;;;;. The van der Waals surface area contributed by atoms with Gasteiger partial charge >= 0.3 is 23.9 Å². The molecule has 3 aliphatic heterocycles. The number of cyclic esters (lactones) is 2. The molecule has 0 saturated carbocycles.